The Morgan fingerprint density at radius 3 is 2.44 bits per heavy atom. The first kappa shape index (κ1) is 19.0. The van der Waals surface area contributed by atoms with Crippen molar-refractivity contribution in [1.82, 2.24) is 0 Å². The molecule has 0 unspecified atom stereocenters. The number of carbonyl (C=O) groups excluding carboxylic acids is 2. The van der Waals surface area contributed by atoms with Gasteiger partial charge in [0.2, 0.25) is 0 Å². The molecule has 2 aromatic rings. The van der Waals surface area contributed by atoms with Crippen molar-refractivity contribution in [2.24, 2.45) is 0 Å². The Balaban J connectivity index is 1.95. The predicted octanol–water partition coefficient (Wildman–Crippen LogP) is 4.83. The molecule has 0 atom stereocenters. The highest BCUT2D eigenvalue weighted by Gasteiger charge is 2.24. The first-order valence-corrected chi connectivity index (χ1v) is 9.70. The summed E-state index contributed by atoms with van der Waals surface area (Å²) in [6.45, 7) is 4.81. The Hall–Kier alpha value is -2.79. The third-order valence-electron chi connectivity index (χ3n) is 4.12. The van der Waals surface area contributed by atoms with E-state index in [0.717, 1.165) is 22.2 Å². The highest BCUT2D eigenvalue weighted by atomic mass is 32.2. The molecule has 0 radical (unpaired) electrons. The number of nitrogens with zero attached hydrogens (tertiary/aromatic N) is 1. The van der Waals surface area contributed by atoms with Gasteiger partial charge in [-0.2, -0.15) is 0 Å². The lowest BCUT2D eigenvalue weighted by molar-refractivity contribution is -0.138. The average Bonchev–Trinajstić information content (AvgIpc) is 3.06. The number of para-hydroxylation sites is 1. The standard InChI is InChI=1S/C22H21NO3S/c1-3-23-18-12-8-9-13-19(18)27-20(23)15-14-17(22(25)26-4-2)21(24)16-10-6-5-7-11-16/h5-15H,3-4H2,1-2H3. The van der Waals surface area contributed by atoms with Gasteiger partial charge in [-0.1, -0.05) is 54.2 Å². The molecule has 0 bridgehead atoms. The first-order chi connectivity index (χ1) is 13.2. The number of anilines is 1. The molecular formula is C22H21NO3S. The summed E-state index contributed by atoms with van der Waals surface area (Å²) in [5.41, 5.74) is 1.63. The summed E-state index contributed by atoms with van der Waals surface area (Å²) < 4.78 is 5.10. The number of carbonyl (C=O) groups is 2. The molecule has 4 nitrogen and oxygen atoms in total. The number of ether oxygens (including phenoxy) is 1. The lowest BCUT2D eigenvalue weighted by Crippen LogP contribution is -2.17. The third kappa shape index (κ3) is 4.14. The number of fused-ring (bicyclic) bond motifs is 1. The molecule has 0 N–H and O–H groups in total. The summed E-state index contributed by atoms with van der Waals surface area (Å²) in [7, 11) is 0. The van der Waals surface area contributed by atoms with Gasteiger partial charge in [0.1, 0.15) is 5.57 Å². The van der Waals surface area contributed by atoms with Crippen LogP contribution in [0, 0.1) is 0 Å². The van der Waals surface area contributed by atoms with E-state index in [2.05, 4.69) is 24.0 Å². The Morgan fingerprint density at radius 1 is 1.04 bits per heavy atom. The summed E-state index contributed by atoms with van der Waals surface area (Å²) in [5.74, 6) is -0.943. The molecule has 138 valence electrons. The molecule has 2 aromatic carbocycles. The minimum atomic E-state index is -0.605. The zero-order valence-corrected chi connectivity index (χ0v) is 16.2. The quantitative estimate of drug-likeness (QED) is 0.236. The highest BCUT2D eigenvalue weighted by molar-refractivity contribution is 8.03. The molecule has 0 saturated carbocycles. The molecular weight excluding hydrogens is 358 g/mol. The second-order valence-corrected chi connectivity index (χ2v) is 6.88. The molecule has 0 fully saturated rings. The van der Waals surface area contributed by atoms with Crippen LogP contribution in [0.3, 0.4) is 0 Å². The molecule has 0 spiro atoms. The van der Waals surface area contributed by atoms with Gasteiger partial charge in [-0.05, 0) is 38.1 Å². The maximum atomic E-state index is 12.8. The van der Waals surface area contributed by atoms with E-state index in [1.807, 2.05) is 24.3 Å². The van der Waals surface area contributed by atoms with Gasteiger partial charge in [-0.25, -0.2) is 4.79 Å². The molecule has 27 heavy (non-hydrogen) atoms. The summed E-state index contributed by atoms with van der Waals surface area (Å²) in [4.78, 5) is 28.5. The number of Topliss-reactive ketones (excluding diaryl/α,β-unsaturated/α-hetero) is 1. The van der Waals surface area contributed by atoms with Crippen LogP contribution in [0.25, 0.3) is 0 Å². The van der Waals surface area contributed by atoms with Crippen molar-refractivity contribution >= 4 is 29.2 Å². The molecule has 1 aliphatic heterocycles. The number of hydrogen-bond donors (Lipinski definition) is 0. The summed E-state index contributed by atoms with van der Waals surface area (Å²) in [6, 6.07) is 16.9. The number of ketones is 1. The van der Waals surface area contributed by atoms with E-state index in [9.17, 15) is 9.59 Å². The van der Waals surface area contributed by atoms with Crippen molar-refractivity contribution in [3.05, 3.63) is 82.9 Å². The fourth-order valence-electron chi connectivity index (χ4n) is 2.85. The van der Waals surface area contributed by atoms with Crippen molar-refractivity contribution in [2.45, 2.75) is 18.7 Å². The lowest BCUT2D eigenvalue weighted by atomic mass is 10.0. The normalized spacial score (nSPS) is 15.0. The number of thioether (sulfide) groups is 1. The van der Waals surface area contributed by atoms with Gasteiger partial charge >= 0.3 is 5.97 Å². The van der Waals surface area contributed by atoms with E-state index in [1.165, 1.54) is 0 Å². The smallest absolute Gasteiger partial charge is 0.342 e. The fraction of sp³-hybridized carbons (Fsp3) is 0.182. The molecule has 5 heteroatoms. The van der Waals surface area contributed by atoms with E-state index in [4.69, 9.17) is 4.74 Å². The van der Waals surface area contributed by atoms with Gasteiger partial charge in [0, 0.05) is 17.0 Å². The van der Waals surface area contributed by atoms with Crippen LogP contribution in [0.2, 0.25) is 0 Å². The third-order valence-corrected chi connectivity index (χ3v) is 5.25. The maximum absolute atomic E-state index is 12.8. The van der Waals surface area contributed by atoms with Crippen molar-refractivity contribution in [3.63, 3.8) is 0 Å². The number of hydrogen-bond acceptors (Lipinski definition) is 5. The SMILES string of the molecule is CCOC(=O)C(=CC=C1Sc2ccccc2N1CC)C(=O)c1ccccc1. The molecule has 1 heterocycles. The largest absolute Gasteiger partial charge is 0.462 e. The van der Waals surface area contributed by atoms with E-state index in [-0.39, 0.29) is 18.0 Å². The summed E-state index contributed by atoms with van der Waals surface area (Å²) in [5, 5.41) is 0.973. The van der Waals surface area contributed by atoms with Gasteiger partial charge in [0.05, 0.1) is 17.3 Å². The van der Waals surface area contributed by atoms with Crippen LogP contribution >= 0.6 is 11.8 Å². The van der Waals surface area contributed by atoms with Gasteiger partial charge in [0.15, 0.2) is 5.78 Å². The van der Waals surface area contributed by atoms with E-state index in [1.54, 1.807) is 49.0 Å². The number of rotatable bonds is 6. The second-order valence-electron chi connectivity index (χ2n) is 5.81. The molecule has 1 aliphatic rings. The topological polar surface area (TPSA) is 46.6 Å². The Morgan fingerprint density at radius 2 is 1.74 bits per heavy atom. The minimum absolute atomic E-state index is 0.0307. The van der Waals surface area contributed by atoms with Crippen LogP contribution in [-0.2, 0) is 9.53 Å². The van der Waals surface area contributed by atoms with Crippen molar-refractivity contribution in [3.8, 4) is 0 Å². The van der Waals surface area contributed by atoms with Crippen molar-refractivity contribution < 1.29 is 14.3 Å². The summed E-state index contributed by atoms with van der Waals surface area (Å²) in [6.07, 6.45) is 3.39. The minimum Gasteiger partial charge on any atom is -0.462 e. The van der Waals surface area contributed by atoms with Crippen LogP contribution in [0.15, 0.2) is 82.2 Å². The van der Waals surface area contributed by atoms with Crippen LogP contribution in [-0.4, -0.2) is 24.9 Å². The number of esters is 1. The second kappa shape index (κ2) is 8.73. The van der Waals surface area contributed by atoms with Crippen LogP contribution < -0.4 is 4.90 Å². The predicted molar refractivity (Wildman–Crippen MR) is 109 cm³/mol. The number of benzene rings is 2. The molecule has 3 rings (SSSR count). The lowest BCUT2D eigenvalue weighted by Gasteiger charge is -2.17. The zero-order valence-electron chi connectivity index (χ0n) is 15.3. The Bertz CT molecular complexity index is 903. The monoisotopic (exact) mass is 379 g/mol. The van der Waals surface area contributed by atoms with Gasteiger partial charge in [-0.3, -0.25) is 4.79 Å². The van der Waals surface area contributed by atoms with Gasteiger partial charge < -0.3 is 9.64 Å². The van der Waals surface area contributed by atoms with Crippen LogP contribution in [0.4, 0.5) is 5.69 Å². The molecule has 0 saturated heterocycles. The van der Waals surface area contributed by atoms with Crippen molar-refractivity contribution in [2.75, 3.05) is 18.1 Å². The van der Waals surface area contributed by atoms with Gasteiger partial charge in [0.25, 0.3) is 0 Å². The van der Waals surface area contributed by atoms with E-state index >= 15 is 0 Å². The molecule has 0 aromatic heterocycles. The van der Waals surface area contributed by atoms with Crippen molar-refractivity contribution in [1.29, 1.82) is 0 Å². The molecule has 0 aliphatic carbocycles. The van der Waals surface area contributed by atoms with E-state index < -0.39 is 5.97 Å². The Kier molecular flexibility index (Phi) is 6.14. The average molecular weight is 379 g/mol. The Labute approximate surface area is 163 Å². The van der Waals surface area contributed by atoms with Crippen LogP contribution in [0.1, 0.15) is 24.2 Å². The van der Waals surface area contributed by atoms with Crippen LogP contribution in [0.5, 0.6) is 0 Å². The van der Waals surface area contributed by atoms with Gasteiger partial charge in [-0.15, -0.1) is 0 Å². The van der Waals surface area contributed by atoms with E-state index in [0.29, 0.717) is 5.56 Å². The summed E-state index contributed by atoms with van der Waals surface area (Å²) >= 11 is 1.62. The molecule has 0 amide bonds. The fourth-order valence-corrected chi connectivity index (χ4v) is 3.98. The highest BCUT2D eigenvalue weighted by Crippen LogP contribution is 2.45. The first-order valence-electron chi connectivity index (χ1n) is 8.89. The number of allylic oxidation sites excluding steroid dienone is 2. The maximum Gasteiger partial charge on any atom is 0.342 e. The zero-order chi connectivity index (χ0) is 19.2.